The normalized spacial score (nSPS) is 12.0. The molecule has 1 heterocycles. The molecule has 0 aliphatic heterocycles. The van der Waals surface area contributed by atoms with Gasteiger partial charge in [-0.3, -0.25) is 4.99 Å². The van der Waals surface area contributed by atoms with Crippen LogP contribution in [0.25, 0.3) is 0 Å². The van der Waals surface area contributed by atoms with E-state index in [9.17, 15) is 0 Å². The molecule has 0 fully saturated rings. The van der Waals surface area contributed by atoms with Crippen LogP contribution in [-0.4, -0.2) is 37.9 Å². The van der Waals surface area contributed by atoms with E-state index in [1.165, 1.54) is 0 Å². The Bertz CT molecular complexity index is 416. The molecule has 1 rings (SSSR count). The van der Waals surface area contributed by atoms with E-state index in [1.807, 2.05) is 6.07 Å². The Hall–Kier alpha value is -1.56. The molecule has 0 bridgehead atoms. The minimum absolute atomic E-state index is 0.375. The number of hydrogen-bond donors (Lipinski definition) is 2. The number of guanidine groups is 1. The van der Waals surface area contributed by atoms with Crippen LogP contribution in [0.3, 0.4) is 0 Å². The highest BCUT2D eigenvalue weighted by atomic mass is 16.5. The van der Waals surface area contributed by atoms with E-state index in [2.05, 4.69) is 41.6 Å². The summed E-state index contributed by atoms with van der Waals surface area (Å²) >= 11 is 0. The predicted molar refractivity (Wildman–Crippen MR) is 84.5 cm³/mol. The second-order valence-corrected chi connectivity index (χ2v) is 5.19. The molecule has 0 aliphatic rings. The van der Waals surface area contributed by atoms with Gasteiger partial charge in [0, 0.05) is 26.3 Å². The minimum atomic E-state index is 0.375. The van der Waals surface area contributed by atoms with E-state index in [1.54, 1.807) is 7.05 Å². The van der Waals surface area contributed by atoms with Crippen LogP contribution in [0.4, 0.5) is 0 Å². The molecule has 120 valence electrons. The van der Waals surface area contributed by atoms with Crippen LogP contribution in [0.1, 0.15) is 51.0 Å². The Morgan fingerprint density at radius 1 is 1.38 bits per heavy atom. The van der Waals surface area contributed by atoms with Crippen molar-refractivity contribution in [3.05, 3.63) is 17.5 Å². The van der Waals surface area contributed by atoms with Gasteiger partial charge in [-0.2, -0.15) is 0 Å². The van der Waals surface area contributed by atoms with Gasteiger partial charge >= 0.3 is 0 Å². The van der Waals surface area contributed by atoms with Crippen molar-refractivity contribution < 1.29 is 9.26 Å². The lowest BCUT2D eigenvalue weighted by atomic mass is 10.1. The largest absolute Gasteiger partial charge is 0.380 e. The van der Waals surface area contributed by atoms with Crippen LogP contribution in [0.5, 0.6) is 0 Å². The summed E-state index contributed by atoms with van der Waals surface area (Å²) in [5.41, 5.74) is 0.971. The molecular weight excluding hydrogens is 268 g/mol. The van der Waals surface area contributed by atoms with Gasteiger partial charge in [-0.25, -0.2) is 0 Å². The van der Waals surface area contributed by atoms with Crippen LogP contribution >= 0.6 is 0 Å². The molecule has 0 aromatic carbocycles. The van der Waals surface area contributed by atoms with E-state index in [0.717, 1.165) is 43.4 Å². The first-order chi connectivity index (χ1) is 10.2. The van der Waals surface area contributed by atoms with Gasteiger partial charge in [-0.15, -0.1) is 0 Å². The Labute approximate surface area is 127 Å². The summed E-state index contributed by atoms with van der Waals surface area (Å²) in [5, 5.41) is 10.4. The lowest BCUT2D eigenvalue weighted by Gasteiger charge is -2.10. The van der Waals surface area contributed by atoms with Crippen LogP contribution in [0, 0.1) is 0 Å². The monoisotopic (exact) mass is 296 g/mol. The van der Waals surface area contributed by atoms with Crippen molar-refractivity contribution in [3.8, 4) is 0 Å². The van der Waals surface area contributed by atoms with Crippen LogP contribution in [0.15, 0.2) is 15.6 Å². The number of aliphatic imine (C=N–C) groups is 1. The molecule has 0 aliphatic carbocycles. The maximum Gasteiger partial charge on any atom is 0.191 e. The molecule has 0 amide bonds. The number of nitrogens with zero attached hydrogens (tertiary/aromatic N) is 2. The molecule has 6 nitrogen and oxygen atoms in total. The van der Waals surface area contributed by atoms with Crippen molar-refractivity contribution in [2.75, 3.05) is 26.8 Å². The Balaban J connectivity index is 2.21. The SMILES string of the molecule is CCCCOCCNC(=NC)NCc1cc(C(C)C)no1. The molecule has 0 radical (unpaired) electrons. The zero-order valence-electron chi connectivity index (χ0n) is 13.6. The molecule has 21 heavy (non-hydrogen) atoms. The maximum atomic E-state index is 5.49. The summed E-state index contributed by atoms with van der Waals surface area (Å²) in [6.45, 7) is 9.14. The van der Waals surface area contributed by atoms with Crippen molar-refractivity contribution in [2.45, 2.75) is 46.1 Å². The van der Waals surface area contributed by atoms with Crippen LogP contribution in [-0.2, 0) is 11.3 Å². The third-order valence-corrected chi connectivity index (χ3v) is 3.00. The first kappa shape index (κ1) is 17.5. The zero-order chi connectivity index (χ0) is 15.5. The van der Waals surface area contributed by atoms with E-state index >= 15 is 0 Å². The highest BCUT2D eigenvalue weighted by Gasteiger charge is 2.07. The van der Waals surface area contributed by atoms with Crippen molar-refractivity contribution in [2.24, 2.45) is 4.99 Å². The topological polar surface area (TPSA) is 71.7 Å². The van der Waals surface area contributed by atoms with Crippen molar-refractivity contribution in [1.29, 1.82) is 0 Å². The fraction of sp³-hybridized carbons (Fsp3) is 0.733. The minimum Gasteiger partial charge on any atom is -0.380 e. The van der Waals surface area contributed by atoms with E-state index in [0.29, 0.717) is 19.1 Å². The third kappa shape index (κ3) is 7.13. The molecule has 0 atom stereocenters. The molecule has 0 spiro atoms. The summed E-state index contributed by atoms with van der Waals surface area (Å²) < 4.78 is 10.8. The number of nitrogens with one attached hydrogen (secondary N) is 2. The van der Waals surface area contributed by atoms with Crippen molar-refractivity contribution in [1.82, 2.24) is 15.8 Å². The van der Waals surface area contributed by atoms with Crippen molar-refractivity contribution >= 4 is 5.96 Å². The number of aromatic nitrogens is 1. The molecule has 1 aromatic rings. The number of unbranched alkanes of at least 4 members (excludes halogenated alkanes) is 1. The van der Waals surface area contributed by atoms with Gasteiger partial charge < -0.3 is 19.9 Å². The average Bonchev–Trinajstić information content (AvgIpc) is 2.95. The lowest BCUT2D eigenvalue weighted by Crippen LogP contribution is -2.38. The van der Waals surface area contributed by atoms with Gasteiger partial charge in [0.25, 0.3) is 0 Å². The number of rotatable bonds is 9. The number of ether oxygens (including phenoxy) is 1. The summed E-state index contributed by atoms with van der Waals surface area (Å²) in [7, 11) is 1.74. The second-order valence-electron chi connectivity index (χ2n) is 5.19. The first-order valence-electron chi connectivity index (χ1n) is 7.65. The Morgan fingerprint density at radius 2 is 2.19 bits per heavy atom. The van der Waals surface area contributed by atoms with Gasteiger partial charge in [0.15, 0.2) is 11.7 Å². The summed E-state index contributed by atoms with van der Waals surface area (Å²) in [4.78, 5) is 4.16. The van der Waals surface area contributed by atoms with Crippen LogP contribution in [0.2, 0.25) is 0 Å². The van der Waals surface area contributed by atoms with E-state index < -0.39 is 0 Å². The maximum absolute atomic E-state index is 5.49. The predicted octanol–water partition coefficient (Wildman–Crippen LogP) is 2.28. The van der Waals surface area contributed by atoms with Gasteiger partial charge in [-0.05, 0) is 12.3 Å². The zero-order valence-corrected chi connectivity index (χ0v) is 13.6. The van der Waals surface area contributed by atoms with Gasteiger partial charge in [0.1, 0.15) is 0 Å². The van der Waals surface area contributed by atoms with E-state index in [-0.39, 0.29) is 0 Å². The Morgan fingerprint density at radius 3 is 2.81 bits per heavy atom. The molecular formula is C15H28N4O2. The standard InChI is InChI=1S/C15H28N4O2/c1-5-6-8-20-9-7-17-15(16-4)18-11-13-10-14(12(2)3)19-21-13/h10,12H,5-9,11H2,1-4H3,(H2,16,17,18). The molecule has 0 saturated carbocycles. The van der Waals surface area contributed by atoms with Gasteiger partial charge in [-0.1, -0.05) is 32.3 Å². The fourth-order valence-corrected chi connectivity index (χ4v) is 1.67. The molecule has 1 aromatic heterocycles. The van der Waals surface area contributed by atoms with Crippen LogP contribution < -0.4 is 10.6 Å². The number of hydrogen-bond acceptors (Lipinski definition) is 4. The third-order valence-electron chi connectivity index (χ3n) is 3.00. The molecule has 0 unspecified atom stereocenters. The molecule has 0 saturated heterocycles. The summed E-state index contributed by atoms with van der Waals surface area (Å²) in [5.74, 6) is 1.91. The molecule has 2 N–H and O–H groups in total. The fourth-order valence-electron chi connectivity index (χ4n) is 1.67. The average molecular weight is 296 g/mol. The van der Waals surface area contributed by atoms with Gasteiger partial charge in [0.05, 0.1) is 18.8 Å². The van der Waals surface area contributed by atoms with Gasteiger partial charge in [0.2, 0.25) is 0 Å². The molecule has 6 heteroatoms. The highest BCUT2D eigenvalue weighted by molar-refractivity contribution is 5.79. The second kappa shape index (κ2) is 10.2. The first-order valence-corrected chi connectivity index (χ1v) is 7.65. The summed E-state index contributed by atoms with van der Waals surface area (Å²) in [6.07, 6.45) is 2.27. The smallest absolute Gasteiger partial charge is 0.191 e. The summed E-state index contributed by atoms with van der Waals surface area (Å²) in [6, 6.07) is 1.97. The van der Waals surface area contributed by atoms with E-state index in [4.69, 9.17) is 9.26 Å². The van der Waals surface area contributed by atoms with Crippen molar-refractivity contribution in [3.63, 3.8) is 0 Å². The Kier molecular flexibility index (Phi) is 8.50. The highest BCUT2D eigenvalue weighted by Crippen LogP contribution is 2.13. The quantitative estimate of drug-likeness (QED) is 0.415. The lowest BCUT2D eigenvalue weighted by molar-refractivity contribution is 0.136.